The number of rotatable bonds is 2. The summed E-state index contributed by atoms with van der Waals surface area (Å²) < 4.78 is 1.23. The molecule has 2 N–H and O–H groups in total. The maximum Gasteiger partial charge on any atom is 0.337 e. The number of aromatic nitrogens is 2. The Kier molecular flexibility index (Phi) is 3.23. The summed E-state index contributed by atoms with van der Waals surface area (Å²) in [5, 5.41) is 9.97. The van der Waals surface area contributed by atoms with Gasteiger partial charge in [0.1, 0.15) is 0 Å². The van der Waals surface area contributed by atoms with Crippen LogP contribution in [0.5, 0.6) is 0 Å². The number of halogens is 2. The van der Waals surface area contributed by atoms with Crippen LogP contribution in [0.3, 0.4) is 0 Å². The predicted molar refractivity (Wildman–Crippen MR) is 80.9 cm³/mol. The Morgan fingerprint density at radius 2 is 1.95 bits per heavy atom. The van der Waals surface area contributed by atoms with Crippen molar-refractivity contribution < 1.29 is 9.90 Å². The fourth-order valence-electron chi connectivity index (χ4n) is 2.22. The molecule has 3 rings (SSSR count). The van der Waals surface area contributed by atoms with E-state index in [0.29, 0.717) is 16.2 Å². The maximum atomic E-state index is 12.2. The zero-order chi connectivity index (χ0) is 15.1. The standard InChI is InChI=1S/C14H8Cl2N2O3/c15-7-4-5-11(9(16)6-7)18-12-8(13(19)20)2-1-3-10(12)17-14(18)21/h1-6H,(H,17,21)(H,19,20). The van der Waals surface area contributed by atoms with Gasteiger partial charge >= 0.3 is 11.7 Å². The number of imidazole rings is 1. The monoisotopic (exact) mass is 322 g/mol. The molecule has 0 atom stereocenters. The van der Waals surface area contributed by atoms with E-state index in [9.17, 15) is 14.7 Å². The van der Waals surface area contributed by atoms with Crippen molar-refractivity contribution in [3.8, 4) is 5.69 Å². The number of carboxylic acid groups (broad SMARTS) is 1. The highest BCUT2D eigenvalue weighted by atomic mass is 35.5. The quantitative estimate of drug-likeness (QED) is 0.759. The van der Waals surface area contributed by atoms with Crippen LogP contribution in [0.15, 0.2) is 41.2 Å². The van der Waals surface area contributed by atoms with Crippen LogP contribution < -0.4 is 5.69 Å². The second-order valence-corrected chi connectivity index (χ2v) is 5.21. The van der Waals surface area contributed by atoms with E-state index in [-0.39, 0.29) is 16.1 Å². The molecule has 0 spiro atoms. The third-order valence-electron chi connectivity index (χ3n) is 3.09. The van der Waals surface area contributed by atoms with Crippen molar-refractivity contribution in [1.29, 1.82) is 0 Å². The van der Waals surface area contributed by atoms with Gasteiger partial charge in [-0.3, -0.25) is 4.57 Å². The minimum Gasteiger partial charge on any atom is -0.478 e. The molecule has 5 nitrogen and oxygen atoms in total. The number of para-hydroxylation sites is 1. The first-order valence-corrected chi connectivity index (χ1v) is 6.67. The van der Waals surface area contributed by atoms with Crippen LogP contribution in [0.1, 0.15) is 10.4 Å². The van der Waals surface area contributed by atoms with Gasteiger partial charge in [0.05, 0.1) is 27.3 Å². The average Bonchev–Trinajstić information content (AvgIpc) is 2.74. The van der Waals surface area contributed by atoms with E-state index in [1.54, 1.807) is 24.3 Å². The Hall–Kier alpha value is -2.24. The Balaban J connectivity index is 2.45. The highest BCUT2D eigenvalue weighted by Crippen LogP contribution is 2.27. The average molecular weight is 323 g/mol. The SMILES string of the molecule is O=C(O)c1cccc2[nH]c(=O)n(-c3ccc(Cl)cc3Cl)c12. The Morgan fingerprint density at radius 3 is 2.62 bits per heavy atom. The normalized spacial score (nSPS) is 11.0. The number of nitrogens with zero attached hydrogens (tertiary/aromatic N) is 1. The largest absolute Gasteiger partial charge is 0.478 e. The van der Waals surface area contributed by atoms with E-state index in [0.717, 1.165) is 0 Å². The molecule has 0 fully saturated rings. The first-order valence-electron chi connectivity index (χ1n) is 5.91. The van der Waals surface area contributed by atoms with Crippen LogP contribution in [0, 0.1) is 0 Å². The molecule has 0 saturated heterocycles. The van der Waals surface area contributed by atoms with E-state index < -0.39 is 11.7 Å². The van der Waals surface area contributed by atoms with Crippen LogP contribution in [-0.4, -0.2) is 20.6 Å². The molecule has 21 heavy (non-hydrogen) atoms. The predicted octanol–water partition coefficient (Wildman–Crippen LogP) is 3.32. The number of carboxylic acids is 1. The van der Waals surface area contributed by atoms with Crippen molar-refractivity contribution in [1.82, 2.24) is 9.55 Å². The molecule has 0 aliphatic rings. The Morgan fingerprint density at radius 1 is 1.19 bits per heavy atom. The zero-order valence-electron chi connectivity index (χ0n) is 10.4. The van der Waals surface area contributed by atoms with Gasteiger partial charge in [-0.1, -0.05) is 29.3 Å². The summed E-state index contributed by atoms with van der Waals surface area (Å²) in [6.07, 6.45) is 0. The van der Waals surface area contributed by atoms with E-state index in [1.807, 2.05) is 0 Å². The van der Waals surface area contributed by atoms with Gasteiger partial charge in [-0.2, -0.15) is 0 Å². The summed E-state index contributed by atoms with van der Waals surface area (Å²) in [5.74, 6) is -1.13. The molecule has 7 heteroatoms. The van der Waals surface area contributed by atoms with Crippen molar-refractivity contribution >= 4 is 40.2 Å². The van der Waals surface area contributed by atoms with Crippen LogP contribution in [0.25, 0.3) is 16.7 Å². The number of carbonyl (C=O) groups is 1. The number of benzene rings is 2. The summed E-state index contributed by atoms with van der Waals surface area (Å²) in [7, 11) is 0. The van der Waals surface area contributed by atoms with Crippen LogP contribution in [0.4, 0.5) is 0 Å². The third kappa shape index (κ3) is 2.20. The third-order valence-corrected chi connectivity index (χ3v) is 3.62. The van der Waals surface area contributed by atoms with Crippen molar-refractivity contribution in [3.63, 3.8) is 0 Å². The van der Waals surface area contributed by atoms with E-state index in [1.165, 1.54) is 16.7 Å². The zero-order valence-corrected chi connectivity index (χ0v) is 11.9. The fourth-order valence-corrected chi connectivity index (χ4v) is 2.72. The van der Waals surface area contributed by atoms with Gasteiger partial charge in [0.2, 0.25) is 0 Å². The molecular weight excluding hydrogens is 315 g/mol. The molecule has 0 radical (unpaired) electrons. The number of aromatic carboxylic acids is 1. The van der Waals surface area contributed by atoms with Gasteiger partial charge in [0.25, 0.3) is 0 Å². The van der Waals surface area contributed by atoms with Gasteiger partial charge in [-0.15, -0.1) is 0 Å². The summed E-state index contributed by atoms with van der Waals surface area (Å²) in [4.78, 5) is 26.2. The lowest BCUT2D eigenvalue weighted by molar-refractivity contribution is 0.0698. The van der Waals surface area contributed by atoms with Gasteiger partial charge in [-0.05, 0) is 30.3 Å². The molecular formula is C14H8Cl2N2O3. The highest BCUT2D eigenvalue weighted by Gasteiger charge is 2.18. The second-order valence-electron chi connectivity index (χ2n) is 4.37. The molecule has 0 aliphatic carbocycles. The molecule has 106 valence electrons. The minimum atomic E-state index is -1.13. The number of fused-ring (bicyclic) bond motifs is 1. The molecule has 0 saturated carbocycles. The van der Waals surface area contributed by atoms with E-state index in [2.05, 4.69) is 4.98 Å². The number of H-pyrrole nitrogens is 1. The summed E-state index contributed by atoms with van der Waals surface area (Å²) in [5.41, 5.74) is 0.593. The Labute approximate surface area is 128 Å². The first-order chi connectivity index (χ1) is 9.99. The summed E-state index contributed by atoms with van der Waals surface area (Å²) in [6, 6.07) is 9.26. The molecule has 1 aromatic heterocycles. The van der Waals surface area contributed by atoms with Crippen molar-refractivity contribution in [2.75, 3.05) is 0 Å². The minimum absolute atomic E-state index is 0.0110. The van der Waals surface area contributed by atoms with Gasteiger partial charge < -0.3 is 10.1 Å². The molecule has 0 unspecified atom stereocenters. The number of hydrogen-bond donors (Lipinski definition) is 2. The van der Waals surface area contributed by atoms with Crippen LogP contribution in [-0.2, 0) is 0 Å². The van der Waals surface area contributed by atoms with E-state index in [4.69, 9.17) is 23.2 Å². The van der Waals surface area contributed by atoms with Crippen molar-refractivity contribution in [3.05, 3.63) is 62.5 Å². The second kappa shape index (κ2) is 4.95. The Bertz CT molecular complexity index is 928. The summed E-state index contributed by atoms with van der Waals surface area (Å²) >= 11 is 12.0. The lowest BCUT2D eigenvalue weighted by Crippen LogP contribution is -2.16. The van der Waals surface area contributed by atoms with Gasteiger partial charge in [-0.25, -0.2) is 9.59 Å². The topological polar surface area (TPSA) is 75.1 Å². The lowest BCUT2D eigenvalue weighted by atomic mass is 10.2. The smallest absolute Gasteiger partial charge is 0.337 e. The van der Waals surface area contributed by atoms with Crippen LogP contribution in [0.2, 0.25) is 10.0 Å². The van der Waals surface area contributed by atoms with Gasteiger partial charge in [0.15, 0.2) is 0 Å². The molecule has 3 aromatic rings. The molecule has 1 heterocycles. The first kappa shape index (κ1) is 13.7. The number of hydrogen-bond acceptors (Lipinski definition) is 2. The van der Waals surface area contributed by atoms with Crippen molar-refractivity contribution in [2.45, 2.75) is 0 Å². The molecule has 0 bridgehead atoms. The van der Waals surface area contributed by atoms with Gasteiger partial charge in [0, 0.05) is 5.02 Å². The van der Waals surface area contributed by atoms with Crippen molar-refractivity contribution in [2.24, 2.45) is 0 Å². The molecule has 2 aromatic carbocycles. The number of nitrogens with one attached hydrogen (secondary N) is 1. The molecule has 0 aliphatic heterocycles. The van der Waals surface area contributed by atoms with Crippen LogP contribution >= 0.6 is 23.2 Å². The molecule has 0 amide bonds. The fraction of sp³-hybridized carbons (Fsp3) is 0. The highest BCUT2D eigenvalue weighted by molar-refractivity contribution is 6.35. The lowest BCUT2D eigenvalue weighted by Gasteiger charge is -2.08. The maximum absolute atomic E-state index is 12.2. The van der Waals surface area contributed by atoms with E-state index >= 15 is 0 Å². The summed E-state index contributed by atoms with van der Waals surface area (Å²) in [6.45, 7) is 0. The number of aromatic amines is 1.